The number of aromatic amines is 1. The molecule has 0 radical (unpaired) electrons. The lowest BCUT2D eigenvalue weighted by Gasteiger charge is -2.29. The van der Waals surface area contributed by atoms with Gasteiger partial charge in [-0.3, -0.25) is 10.1 Å². The molecule has 2 heterocycles. The number of fused-ring (bicyclic) bond motifs is 1. The highest BCUT2D eigenvalue weighted by atomic mass is 16.4. The van der Waals surface area contributed by atoms with E-state index in [1.807, 2.05) is 0 Å². The molecule has 1 aromatic heterocycles. The molecule has 0 fully saturated rings. The van der Waals surface area contributed by atoms with Crippen molar-refractivity contribution in [1.29, 1.82) is 0 Å². The number of hydrogen-bond donors (Lipinski definition) is 4. The van der Waals surface area contributed by atoms with E-state index in [2.05, 4.69) is 20.6 Å². The maximum Gasteiger partial charge on any atom is 0.329 e. The molecule has 19 heavy (non-hydrogen) atoms. The van der Waals surface area contributed by atoms with Crippen LogP contribution in [-0.2, 0) is 22.6 Å². The molecule has 0 aromatic carbocycles. The lowest BCUT2D eigenvalue weighted by molar-refractivity contribution is -0.147. The standard InChI is InChI=1S/C12H18N4O3/c1-3-12(2,11(18)19)16-10(17)8-4-7-9(5-13-8)15-6-14-7/h6,8,13H,3-5H2,1-2H3,(H,14,15)(H,16,17)(H,18,19). The zero-order valence-electron chi connectivity index (χ0n) is 11.0. The monoisotopic (exact) mass is 266 g/mol. The molecule has 1 aromatic rings. The topological polar surface area (TPSA) is 107 Å². The van der Waals surface area contributed by atoms with Crippen molar-refractivity contribution in [2.45, 2.75) is 44.8 Å². The Morgan fingerprint density at radius 2 is 2.37 bits per heavy atom. The van der Waals surface area contributed by atoms with Crippen molar-refractivity contribution in [3.05, 3.63) is 17.7 Å². The van der Waals surface area contributed by atoms with E-state index >= 15 is 0 Å². The van der Waals surface area contributed by atoms with Crippen LogP contribution in [0.5, 0.6) is 0 Å². The molecule has 4 N–H and O–H groups in total. The molecular weight excluding hydrogens is 248 g/mol. The number of aromatic nitrogens is 2. The minimum Gasteiger partial charge on any atom is -0.480 e. The van der Waals surface area contributed by atoms with E-state index in [0.717, 1.165) is 11.4 Å². The van der Waals surface area contributed by atoms with Crippen LogP contribution in [0.2, 0.25) is 0 Å². The Hall–Kier alpha value is -1.89. The minimum absolute atomic E-state index is 0.305. The highest BCUT2D eigenvalue weighted by Gasteiger charge is 2.36. The average molecular weight is 266 g/mol. The van der Waals surface area contributed by atoms with Crippen molar-refractivity contribution in [2.24, 2.45) is 0 Å². The lowest BCUT2D eigenvalue weighted by atomic mass is 9.97. The number of carboxylic acid groups (broad SMARTS) is 1. The fourth-order valence-electron chi connectivity index (χ4n) is 2.01. The van der Waals surface area contributed by atoms with Crippen LogP contribution in [0.25, 0.3) is 0 Å². The number of amides is 1. The van der Waals surface area contributed by atoms with Gasteiger partial charge in [-0.05, 0) is 13.3 Å². The third-order valence-corrected chi connectivity index (χ3v) is 3.62. The first-order valence-corrected chi connectivity index (χ1v) is 6.26. The summed E-state index contributed by atoms with van der Waals surface area (Å²) in [4.78, 5) is 30.5. The summed E-state index contributed by atoms with van der Waals surface area (Å²) < 4.78 is 0. The molecule has 2 rings (SSSR count). The second-order valence-electron chi connectivity index (χ2n) is 4.95. The molecule has 7 nitrogen and oxygen atoms in total. The minimum atomic E-state index is -1.23. The SMILES string of the molecule is CCC(C)(NC(=O)C1Cc2nc[nH]c2CN1)C(=O)O. The zero-order valence-corrected chi connectivity index (χ0v) is 11.0. The van der Waals surface area contributed by atoms with Crippen molar-refractivity contribution in [3.8, 4) is 0 Å². The largest absolute Gasteiger partial charge is 0.480 e. The second kappa shape index (κ2) is 5.00. The Balaban J connectivity index is 2.04. The summed E-state index contributed by atoms with van der Waals surface area (Å²) >= 11 is 0. The van der Waals surface area contributed by atoms with Gasteiger partial charge in [0.25, 0.3) is 0 Å². The van der Waals surface area contributed by atoms with Crippen molar-refractivity contribution in [2.75, 3.05) is 0 Å². The van der Waals surface area contributed by atoms with Crippen LogP contribution in [0.1, 0.15) is 31.7 Å². The Morgan fingerprint density at radius 3 is 3.00 bits per heavy atom. The van der Waals surface area contributed by atoms with Gasteiger partial charge >= 0.3 is 5.97 Å². The fraction of sp³-hybridized carbons (Fsp3) is 0.583. The number of hydrogen-bond acceptors (Lipinski definition) is 4. The normalized spacial score (nSPS) is 21.3. The predicted octanol–water partition coefficient (Wildman–Crippen LogP) is -0.206. The van der Waals surface area contributed by atoms with Crippen LogP contribution >= 0.6 is 0 Å². The number of nitrogens with one attached hydrogen (secondary N) is 3. The summed E-state index contributed by atoms with van der Waals surface area (Å²) in [6.45, 7) is 3.77. The van der Waals surface area contributed by atoms with E-state index in [-0.39, 0.29) is 5.91 Å². The Labute approximate surface area is 110 Å². The van der Waals surface area contributed by atoms with Gasteiger partial charge in [-0.2, -0.15) is 0 Å². The Morgan fingerprint density at radius 1 is 1.63 bits per heavy atom. The van der Waals surface area contributed by atoms with E-state index in [1.54, 1.807) is 13.3 Å². The number of nitrogens with zero attached hydrogens (tertiary/aromatic N) is 1. The number of carboxylic acids is 1. The zero-order chi connectivity index (χ0) is 14.0. The number of carbonyl (C=O) groups is 2. The first kappa shape index (κ1) is 13.5. The third kappa shape index (κ3) is 2.60. The van der Waals surface area contributed by atoms with Gasteiger partial charge in [-0.25, -0.2) is 9.78 Å². The second-order valence-corrected chi connectivity index (χ2v) is 4.95. The van der Waals surface area contributed by atoms with Gasteiger partial charge in [-0.1, -0.05) is 6.92 Å². The molecule has 2 unspecified atom stereocenters. The van der Waals surface area contributed by atoms with Crippen LogP contribution in [0.15, 0.2) is 6.33 Å². The van der Waals surface area contributed by atoms with E-state index in [0.29, 0.717) is 19.4 Å². The van der Waals surface area contributed by atoms with Crippen LogP contribution in [0.3, 0.4) is 0 Å². The maximum absolute atomic E-state index is 12.1. The van der Waals surface area contributed by atoms with E-state index in [9.17, 15) is 9.59 Å². The van der Waals surface area contributed by atoms with Gasteiger partial charge in [0.2, 0.25) is 5.91 Å². The van der Waals surface area contributed by atoms with Crippen LogP contribution < -0.4 is 10.6 Å². The van der Waals surface area contributed by atoms with Crippen LogP contribution in [0, 0.1) is 0 Å². The quantitative estimate of drug-likeness (QED) is 0.603. The molecule has 2 atom stereocenters. The average Bonchev–Trinajstić information content (AvgIpc) is 2.85. The molecule has 1 aliphatic rings. The molecule has 7 heteroatoms. The van der Waals surface area contributed by atoms with Crippen molar-refractivity contribution >= 4 is 11.9 Å². The molecule has 1 aliphatic heterocycles. The molecule has 0 bridgehead atoms. The van der Waals surface area contributed by atoms with Gasteiger partial charge in [0.1, 0.15) is 5.54 Å². The number of carbonyl (C=O) groups excluding carboxylic acids is 1. The van der Waals surface area contributed by atoms with Crippen molar-refractivity contribution in [1.82, 2.24) is 20.6 Å². The number of imidazole rings is 1. The molecule has 1 amide bonds. The van der Waals surface area contributed by atoms with E-state index in [4.69, 9.17) is 5.11 Å². The summed E-state index contributed by atoms with van der Waals surface area (Å²) in [5, 5.41) is 14.8. The third-order valence-electron chi connectivity index (χ3n) is 3.62. The first-order chi connectivity index (χ1) is 8.96. The summed E-state index contributed by atoms with van der Waals surface area (Å²) in [5.41, 5.74) is 0.595. The molecule has 0 aliphatic carbocycles. The maximum atomic E-state index is 12.1. The van der Waals surface area contributed by atoms with E-state index in [1.165, 1.54) is 6.92 Å². The molecule has 0 saturated carbocycles. The summed E-state index contributed by atoms with van der Waals surface area (Å²) in [6, 6.07) is -0.443. The molecular formula is C12H18N4O3. The van der Waals surface area contributed by atoms with Crippen LogP contribution in [-0.4, -0.2) is 38.5 Å². The Bertz CT molecular complexity index is 499. The lowest BCUT2D eigenvalue weighted by Crippen LogP contribution is -2.58. The van der Waals surface area contributed by atoms with Crippen LogP contribution in [0.4, 0.5) is 0 Å². The van der Waals surface area contributed by atoms with Gasteiger partial charge in [0.15, 0.2) is 0 Å². The highest BCUT2D eigenvalue weighted by Crippen LogP contribution is 2.14. The first-order valence-electron chi connectivity index (χ1n) is 6.26. The number of rotatable bonds is 4. The summed E-state index contributed by atoms with van der Waals surface area (Å²) in [5.74, 6) is -1.33. The van der Waals surface area contributed by atoms with Gasteiger partial charge in [0, 0.05) is 13.0 Å². The number of H-pyrrole nitrogens is 1. The highest BCUT2D eigenvalue weighted by molar-refractivity contribution is 5.89. The fourth-order valence-corrected chi connectivity index (χ4v) is 2.01. The van der Waals surface area contributed by atoms with Crippen molar-refractivity contribution in [3.63, 3.8) is 0 Å². The van der Waals surface area contributed by atoms with Gasteiger partial charge in [0.05, 0.1) is 23.8 Å². The number of aliphatic carboxylic acids is 1. The summed E-state index contributed by atoms with van der Waals surface area (Å²) in [6.07, 6.45) is 2.39. The Kier molecular flexibility index (Phi) is 3.57. The van der Waals surface area contributed by atoms with Gasteiger partial charge < -0.3 is 15.4 Å². The van der Waals surface area contributed by atoms with E-state index < -0.39 is 17.6 Å². The smallest absolute Gasteiger partial charge is 0.329 e. The molecule has 104 valence electrons. The van der Waals surface area contributed by atoms with Gasteiger partial charge in [-0.15, -0.1) is 0 Å². The predicted molar refractivity (Wildman–Crippen MR) is 67.4 cm³/mol. The van der Waals surface area contributed by atoms with Crippen molar-refractivity contribution < 1.29 is 14.7 Å². The molecule has 0 spiro atoms. The molecule has 0 saturated heterocycles. The summed E-state index contributed by atoms with van der Waals surface area (Å²) in [7, 11) is 0.